The van der Waals surface area contributed by atoms with Gasteiger partial charge in [0.15, 0.2) is 9.84 Å². The zero-order chi connectivity index (χ0) is 19.0. The summed E-state index contributed by atoms with van der Waals surface area (Å²) in [6, 6.07) is 13.5. The Bertz CT molecular complexity index is 1060. The molecule has 0 saturated carbocycles. The van der Waals surface area contributed by atoms with Crippen molar-refractivity contribution in [1.29, 1.82) is 0 Å². The topological polar surface area (TPSA) is 72.2 Å². The van der Waals surface area contributed by atoms with Gasteiger partial charge in [-0.1, -0.05) is 24.3 Å². The highest BCUT2D eigenvalue weighted by Gasteiger charge is 2.29. The van der Waals surface area contributed by atoms with E-state index in [2.05, 4.69) is 4.98 Å². The summed E-state index contributed by atoms with van der Waals surface area (Å²) < 4.78 is 38.7. The number of sulfone groups is 1. The quantitative estimate of drug-likeness (QED) is 0.730. The molecule has 0 spiro atoms. The maximum atomic E-state index is 13.1. The summed E-state index contributed by atoms with van der Waals surface area (Å²) in [6.45, 7) is 0.279. The molecule has 5 nitrogen and oxygen atoms in total. The van der Waals surface area contributed by atoms with Crippen LogP contribution in [0.4, 0.5) is 4.39 Å². The largest absolute Gasteiger partial charge is 0.387 e. The van der Waals surface area contributed by atoms with Gasteiger partial charge in [-0.15, -0.1) is 0 Å². The molecule has 0 unspecified atom stereocenters. The number of benzene rings is 2. The fourth-order valence-electron chi connectivity index (χ4n) is 3.74. The number of imidazole rings is 1. The molecule has 27 heavy (non-hydrogen) atoms. The molecule has 2 atom stereocenters. The zero-order valence-corrected chi connectivity index (χ0v) is 15.6. The first kappa shape index (κ1) is 18.1. The number of aliphatic hydroxyl groups excluding tert-OH is 1. The summed E-state index contributed by atoms with van der Waals surface area (Å²) in [5, 5.41) is 10.6. The molecule has 7 heteroatoms. The van der Waals surface area contributed by atoms with Gasteiger partial charge in [0.1, 0.15) is 11.6 Å². The Morgan fingerprint density at radius 2 is 1.93 bits per heavy atom. The molecule has 3 aromatic rings. The summed E-state index contributed by atoms with van der Waals surface area (Å²) in [5.41, 5.74) is 2.35. The van der Waals surface area contributed by atoms with Crippen molar-refractivity contribution >= 4 is 20.9 Å². The highest BCUT2D eigenvalue weighted by atomic mass is 32.2. The van der Waals surface area contributed by atoms with Crippen LogP contribution in [-0.4, -0.2) is 34.6 Å². The number of halogens is 1. The van der Waals surface area contributed by atoms with Crippen LogP contribution in [0.3, 0.4) is 0 Å². The minimum Gasteiger partial charge on any atom is -0.387 e. The number of para-hydroxylation sites is 2. The van der Waals surface area contributed by atoms with E-state index in [9.17, 15) is 17.9 Å². The highest BCUT2D eigenvalue weighted by molar-refractivity contribution is 7.91. The monoisotopic (exact) mass is 388 g/mol. The van der Waals surface area contributed by atoms with E-state index >= 15 is 0 Å². The van der Waals surface area contributed by atoms with Gasteiger partial charge in [0, 0.05) is 6.42 Å². The second-order valence-electron chi connectivity index (χ2n) is 7.17. The third-order valence-electron chi connectivity index (χ3n) is 5.14. The molecule has 2 aromatic carbocycles. The molecule has 2 heterocycles. The Labute approximate surface area is 157 Å². The van der Waals surface area contributed by atoms with Crippen molar-refractivity contribution in [3.8, 4) is 0 Å². The Morgan fingerprint density at radius 1 is 1.19 bits per heavy atom. The molecule has 142 valence electrons. The fourth-order valence-corrected chi connectivity index (χ4v) is 5.60. The molecule has 1 aliphatic heterocycles. The van der Waals surface area contributed by atoms with E-state index in [4.69, 9.17) is 0 Å². The lowest BCUT2D eigenvalue weighted by atomic mass is 10.0. The lowest BCUT2D eigenvalue weighted by Crippen LogP contribution is -2.15. The van der Waals surface area contributed by atoms with Gasteiger partial charge in [-0.05, 0) is 42.2 Å². The first-order valence-electron chi connectivity index (χ1n) is 8.99. The number of aliphatic hydroxyl groups is 1. The number of hydrogen-bond donors (Lipinski definition) is 1. The fraction of sp³-hybridized carbons (Fsp3) is 0.350. The average Bonchev–Trinajstić information content (AvgIpc) is 3.15. The first-order chi connectivity index (χ1) is 12.9. The molecule has 1 aromatic heterocycles. The first-order valence-corrected chi connectivity index (χ1v) is 10.8. The second kappa shape index (κ2) is 7.05. The summed E-state index contributed by atoms with van der Waals surface area (Å²) in [7, 11) is -2.95. The number of fused-ring (bicyclic) bond motifs is 1. The van der Waals surface area contributed by atoms with Crippen molar-refractivity contribution in [2.75, 3.05) is 11.5 Å². The van der Waals surface area contributed by atoms with E-state index in [0.717, 1.165) is 16.9 Å². The number of nitrogens with zero attached hydrogens (tertiary/aromatic N) is 2. The predicted molar refractivity (Wildman–Crippen MR) is 102 cm³/mol. The van der Waals surface area contributed by atoms with Gasteiger partial charge >= 0.3 is 0 Å². The van der Waals surface area contributed by atoms with Crippen LogP contribution in [0.1, 0.15) is 23.9 Å². The Kier molecular flexibility index (Phi) is 4.74. The van der Waals surface area contributed by atoms with Crippen LogP contribution in [0.15, 0.2) is 48.5 Å². The summed E-state index contributed by atoms with van der Waals surface area (Å²) in [4.78, 5) is 4.68. The van der Waals surface area contributed by atoms with Gasteiger partial charge in [0.2, 0.25) is 0 Å². The van der Waals surface area contributed by atoms with Crippen LogP contribution >= 0.6 is 0 Å². The smallest absolute Gasteiger partial charge is 0.150 e. The van der Waals surface area contributed by atoms with Gasteiger partial charge in [-0.2, -0.15) is 0 Å². The van der Waals surface area contributed by atoms with E-state index < -0.39 is 15.9 Å². The molecular formula is C20H21FN2O3S. The molecule has 1 saturated heterocycles. The second-order valence-corrected chi connectivity index (χ2v) is 9.40. The van der Waals surface area contributed by atoms with E-state index in [0.29, 0.717) is 18.4 Å². The summed E-state index contributed by atoms with van der Waals surface area (Å²) >= 11 is 0. The van der Waals surface area contributed by atoms with E-state index in [1.54, 1.807) is 12.1 Å². The van der Waals surface area contributed by atoms with Crippen molar-refractivity contribution in [3.63, 3.8) is 0 Å². The molecule has 0 bridgehead atoms. The van der Waals surface area contributed by atoms with Crippen LogP contribution in [0.5, 0.6) is 0 Å². The summed E-state index contributed by atoms with van der Waals surface area (Å²) in [5.74, 6) is 0.905. The predicted octanol–water partition coefficient (Wildman–Crippen LogP) is 2.89. The number of rotatable bonds is 5. The average molecular weight is 388 g/mol. The number of hydrogen-bond acceptors (Lipinski definition) is 4. The Hall–Kier alpha value is -2.25. The lowest BCUT2D eigenvalue weighted by molar-refractivity contribution is 0.156. The molecule has 0 amide bonds. The zero-order valence-electron chi connectivity index (χ0n) is 14.8. The molecule has 0 aliphatic carbocycles. The van der Waals surface area contributed by atoms with Crippen molar-refractivity contribution in [3.05, 3.63) is 65.7 Å². The molecule has 1 fully saturated rings. The van der Waals surface area contributed by atoms with Gasteiger partial charge < -0.3 is 9.67 Å². The van der Waals surface area contributed by atoms with Gasteiger partial charge in [-0.3, -0.25) is 0 Å². The lowest BCUT2D eigenvalue weighted by Gasteiger charge is -2.16. The molecular weight excluding hydrogens is 367 g/mol. The van der Waals surface area contributed by atoms with Crippen LogP contribution in [0.25, 0.3) is 11.0 Å². The standard InChI is InChI=1S/C20H21FN2O3S/c21-16-7-5-15(6-8-16)19(24)12-23-18-4-2-1-3-17(18)22-20(23)11-14-9-10-27(25,26)13-14/h1-8,14,19,24H,9-13H2/t14-,19-/m1/s1. The number of aromatic nitrogens is 2. The van der Waals surface area contributed by atoms with Gasteiger partial charge in [0.25, 0.3) is 0 Å². The molecule has 4 rings (SSSR count). The van der Waals surface area contributed by atoms with Crippen molar-refractivity contribution in [1.82, 2.24) is 9.55 Å². The van der Waals surface area contributed by atoms with E-state index in [1.807, 2.05) is 28.8 Å². The summed E-state index contributed by atoms with van der Waals surface area (Å²) in [6.07, 6.45) is 0.394. The van der Waals surface area contributed by atoms with Crippen LogP contribution in [-0.2, 0) is 22.8 Å². The maximum absolute atomic E-state index is 13.1. The SMILES string of the molecule is O=S1(=O)CC[C@H](Cc2nc3ccccc3n2C[C@@H](O)c2ccc(F)cc2)C1. The Morgan fingerprint density at radius 3 is 2.63 bits per heavy atom. The van der Waals surface area contributed by atoms with Crippen LogP contribution in [0.2, 0.25) is 0 Å². The van der Waals surface area contributed by atoms with Crippen LogP contribution in [0, 0.1) is 11.7 Å². The minimum absolute atomic E-state index is 0.0496. The van der Waals surface area contributed by atoms with Crippen molar-refractivity contribution < 1.29 is 17.9 Å². The Balaban J connectivity index is 1.64. The maximum Gasteiger partial charge on any atom is 0.150 e. The third kappa shape index (κ3) is 3.89. The molecule has 0 radical (unpaired) electrons. The third-order valence-corrected chi connectivity index (χ3v) is 6.98. The van der Waals surface area contributed by atoms with E-state index in [-0.39, 0.29) is 29.8 Å². The van der Waals surface area contributed by atoms with Gasteiger partial charge in [-0.25, -0.2) is 17.8 Å². The highest BCUT2D eigenvalue weighted by Crippen LogP contribution is 2.27. The van der Waals surface area contributed by atoms with E-state index in [1.165, 1.54) is 12.1 Å². The molecule has 1 N–H and O–H groups in total. The minimum atomic E-state index is -2.95. The normalized spacial score (nSPS) is 20.1. The van der Waals surface area contributed by atoms with Crippen LogP contribution < -0.4 is 0 Å². The van der Waals surface area contributed by atoms with Crippen molar-refractivity contribution in [2.24, 2.45) is 5.92 Å². The van der Waals surface area contributed by atoms with Gasteiger partial charge in [0.05, 0.1) is 35.2 Å². The molecule has 1 aliphatic rings. The van der Waals surface area contributed by atoms with Crippen molar-refractivity contribution in [2.45, 2.75) is 25.5 Å².